The lowest BCUT2D eigenvalue weighted by Gasteiger charge is -2.41. The van der Waals surface area contributed by atoms with Crippen LogP contribution in [-0.2, 0) is 17.1 Å². The van der Waals surface area contributed by atoms with Crippen molar-refractivity contribution in [3.63, 3.8) is 0 Å². The lowest BCUT2D eigenvalue weighted by molar-refractivity contribution is -0.137. The summed E-state index contributed by atoms with van der Waals surface area (Å²) >= 11 is 0. The van der Waals surface area contributed by atoms with E-state index >= 15 is 0 Å². The number of nitrogens with zero attached hydrogens (tertiary/aromatic N) is 4. The van der Waals surface area contributed by atoms with Gasteiger partial charge in [0.25, 0.3) is 5.92 Å². The molecule has 0 radical (unpaired) electrons. The maximum atomic E-state index is 14.4. The second-order valence-corrected chi connectivity index (χ2v) is 8.20. The Hall–Kier alpha value is -1.99. The number of carboxylic acid groups (broad SMARTS) is 1. The van der Waals surface area contributed by atoms with Crippen molar-refractivity contribution in [2.24, 2.45) is 17.8 Å². The van der Waals surface area contributed by atoms with Gasteiger partial charge in [-0.25, -0.2) is 4.98 Å². The minimum absolute atomic E-state index is 0.0979. The van der Waals surface area contributed by atoms with Crippen LogP contribution in [0.1, 0.15) is 37.4 Å². The fourth-order valence-corrected chi connectivity index (χ4v) is 4.92. The highest BCUT2D eigenvalue weighted by molar-refractivity contribution is 5.68. The fourth-order valence-electron chi connectivity index (χ4n) is 4.92. The van der Waals surface area contributed by atoms with E-state index in [9.17, 15) is 13.6 Å². The summed E-state index contributed by atoms with van der Waals surface area (Å²) < 4.78 is 28.7. The molecule has 5 rings (SSSR count). The summed E-state index contributed by atoms with van der Waals surface area (Å²) in [4.78, 5) is 23.9. The van der Waals surface area contributed by atoms with Crippen LogP contribution in [0.4, 0.5) is 20.5 Å². The zero-order valence-electron chi connectivity index (χ0n) is 14.7. The summed E-state index contributed by atoms with van der Waals surface area (Å²) in [6.45, 7) is 4.28. The molecule has 140 valence electrons. The number of fused-ring (bicyclic) bond motifs is 2. The number of alkyl halides is 2. The van der Waals surface area contributed by atoms with Gasteiger partial charge in [0.15, 0.2) is 0 Å². The normalized spacial score (nSPS) is 33.7. The van der Waals surface area contributed by atoms with Crippen molar-refractivity contribution >= 4 is 17.7 Å². The molecule has 3 heterocycles. The van der Waals surface area contributed by atoms with Gasteiger partial charge in [-0.15, -0.1) is 0 Å². The number of carbonyl (C=O) groups is 1. The Kier molecular flexibility index (Phi) is 3.28. The van der Waals surface area contributed by atoms with Crippen molar-refractivity contribution in [3.8, 4) is 0 Å². The van der Waals surface area contributed by atoms with Crippen molar-refractivity contribution in [2.75, 3.05) is 29.4 Å². The summed E-state index contributed by atoms with van der Waals surface area (Å²) in [5.74, 6) is -1.70. The smallest absolute Gasteiger partial charge is 0.303 e. The lowest BCUT2D eigenvalue weighted by Crippen LogP contribution is -2.47. The molecule has 3 fully saturated rings. The third-order valence-electron chi connectivity index (χ3n) is 6.67. The third kappa shape index (κ3) is 2.30. The number of hydrogen-bond donors (Lipinski definition) is 1. The largest absolute Gasteiger partial charge is 0.481 e. The van der Waals surface area contributed by atoms with E-state index in [4.69, 9.17) is 10.1 Å². The second-order valence-electron chi connectivity index (χ2n) is 8.20. The monoisotopic (exact) mass is 364 g/mol. The van der Waals surface area contributed by atoms with Crippen molar-refractivity contribution in [1.82, 2.24) is 9.97 Å². The van der Waals surface area contributed by atoms with Gasteiger partial charge in [-0.1, -0.05) is 0 Å². The van der Waals surface area contributed by atoms with Gasteiger partial charge < -0.3 is 14.9 Å². The molecule has 6 nitrogen and oxygen atoms in total. The first-order valence-corrected chi connectivity index (χ1v) is 9.38. The number of hydrogen-bond acceptors (Lipinski definition) is 5. The van der Waals surface area contributed by atoms with Crippen molar-refractivity contribution < 1.29 is 18.7 Å². The minimum Gasteiger partial charge on any atom is -0.481 e. The summed E-state index contributed by atoms with van der Waals surface area (Å²) in [6, 6.07) is 0.322. The molecule has 4 aliphatic rings. The van der Waals surface area contributed by atoms with Gasteiger partial charge in [0.2, 0.25) is 5.95 Å². The van der Waals surface area contributed by atoms with E-state index < -0.39 is 11.9 Å². The molecule has 1 saturated carbocycles. The standard InChI is InChI=1S/C18H22F2N4O2/c1-9-3-5-24(9)16-10-2-4-18(19,20)15(10)21-17(22-16)23-7-12-11(6-14(25)26)13(12)8-23/h9,11-13H,2-8H2,1H3,(H,25,26)/t9-,11?,12-,13+/m0/s1. The number of carboxylic acids is 1. The Labute approximate surface area is 150 Å². The Morgan fingerprint density at radius 2 is 2.04 bits per heavy atom. The molecule has 26 heavy (non-hydrogen) atoms. The first kappa shape index (κ1) is 16.2. The van der Waals surface area contributed by atoms with Crippen molar-refractivity contribution in [3.05, 3.63) is 11.3 Å². The maximum Gasteiger partial charge on any atom is 0.303 e. The van der Waals surface area contributed by atoms with E-state index in [1.807, 2.05) is 4.90 Å². The van der Waals surface area contributed by atoms with Crippen LogP contribution >= 0.6 is 0 Å². The maximum absolute atomic E-state index is 14.4. The number of aliphatic carboxylic acids is 1. The van der Waals surface area contributed by atoms with Gasteiger partial charge in [-0.2, -0.15) is 13.8 Å². The van der Waals surface area contributed by atoms with Gasteiger partial charge in [0.1, 0.15) is 11.5 Å². The molecule has 8 heteroatoms. The molecule has 0 spiro atoms. The van der Waals surface area contributed by atoms with E-state index in [2.05, 4.69) is 16.8 Å². The molecular formula is C18H22F2N4O2. The molecule has 2 saturated heterocycles. The molecule has 0 amide bonds. The quantitative estimate of drug-likeness (QED) is 0.884. The molecule has 1 aromatic rings. The first-order valence-electron chi connectivity index (χ1n) is 9.38. The van der Waals surface area contributed by atoms with Gasteiger partial charge in [0, 0.05) is 44.1 Å². The number of aromatic nitrogens is 2. The summed E-state index contributed by atoms with van der Waals surface area (Å²) in [6.07, 6.45) is 1.38. The summed E-state index contributed by atoms with van der Waals surface area (Å²) in [5.41, 5.74) is 0.512. The Balaban J connectivity index is 1.44. The van der Waals surface area contributed by atoms with Crippen LogP contribution in [0.15, 0.2) is 0 Å². The molecule has 2 aliphatic carbocycles. The van der Waals surface area contributed by atoms with Crippen LogP contribution in [0.2, 0.25) is 0 Å². The fraction of sp³-hybridized carbons (Fsp3) is 0.722. The minimum atomic E-state index is -2.88. The zero-order valence-corrected chi connectivity index (χ0v) is 14.7. The van der Waals surface area contributed by atoms with E-state index in [0.717, 1.165) is 13.0 Å². The highest BCUT2D eigenvalue weighted by Gasteiger charge is 2.57. The lowest BCUT2D eigenvalue weighted by atomic mass is 10.0. The van der Waals surface area contributed by atoms with Crippen LogP contribution in [0.3, 0.4) is 0 Å². The van der Waals surface area contributed by atoms with Crippen molar-refractivity contribution in [1.29, 1.82) is 0 Å². The summed E-state index contributed by atoms with van der Waals surface area (Å²) in [5, 5.41) is 8.95. The molecule has 1 unspecified atom stereocenters. The van der Waals surface area contributed by atoms with Gasteiger partial charge in [-0.05, 0) is 37.5 Å². The number of piperidine rings is 1. The van der Waals surface area contributed by atoms with Crippen LogP contribution in [0.5, 0.6) is 0 Å². The third-order valence-corrected chi connectivity index (χ3v) is 6.67. The Bertz CT molecular complexity index is 775. The molecule has 0 aromatic carbocycles. The van der Waals surface area contributed by atoms with E-state index in [0.29, 0.717) is 54.7 Å². The SMILES string of the molecule is C[C@H]1CCN1c1nc(N2C[C@@H]3C(CC(=O)O)[C@@H]3C2)nc2c1CCC2(F)F. The first-order chi connectivity index (χ1) is 12.3. The van der Waals surface area contributed by atoms with Gasteiger partial charge >= 0.3 is 5.97 Å². The topological polar surface area (TPSA) is 69.6 Å². The molecule has 1 N–H and O–H groups in total. The van der Waals surface area contributed by atoms with Crippen LogP contribution in [0, 0.1) is 17.8 Å². The van der Waals surface area contributed by atoms with Crippen LogP contribution < -0.4 is 9.80 Å². The highest BCUT2D eigenvalue weighted by atomic mass is 19.3. The summed E-state index contributed by atoms with van der Waals surface area (Å²) in [7, 11) is 0. The Morgan fingerprint density at radius 3 is 2.62 bits per heavy atom. The van der Waals surface area contributed by atoms with E-state index in [1.165, 1.54) is 0 Å². The molecule has 2 aliphatic heterocycles. The van der Waals surface area contributed by atoms with E-state index in [1.54, 1.807) is 0 Å². The second kappa shape index (κ2) is 5.27. The van der Waals surface area contributed by atoms with Crippen LogP contribution in [0.25, 0.3) is 0 Å². The number of rotatable bonds is 4. The van der Waals surface area contributed by atoms with Crippen LogP contribution in [-0.4, -0.2) is 46.7 Å². The molecular weight excluding hydrogens is 342 g/mol. The van der Waals surface area contributed by atoms with Gasteiger partial charge in [0.05, 0.1) is 0 Å². The predicted molar refractivity (Wildman–Crippen MR) is 90.6 cm³/mol. The van der Waals surface area contributed by atoms with E-state index in [-0.39, 0.29) is 24.5 Å². The average Bonchev–Trinajstić information content (AvgIpc) is 2.93. The zero-order chi connectivity index (χ0) is 18.2. The van der Waals surface area contributed by atoms with Gasteiger partial charge in [-0.3, -0.25) is 4.79 Å². The Morgan fingerprint density at radius 1 is 1.31 bits per heavy atom. The predicted octanol–water partition coefficient (Wildman–Crippen LogP) is 2.27. The number of anilines is 2. The number of halogens is 2. The average molecular weight is 364 g/mol. The highest BCUT2D eigenvalue weighted by Crippen LogP contribution is 2.54. The molecule has 4 atom stereocenters. The van der Waals surface area contributed by atoms with Crippen molar-refractivity contribution in [2.45, 2.75) is 44.6 Å². The molecule has 1 aromatic heterocycles. The molecule has 0 bridgehead atoms.